The van der Waals surface area contributed by atoms with Crippen molar-refractivity contribution in [1.82, 2.24) is 0 Å². The predicted octanol–water partition coefficient (Wildman–Crippen LogP) is 2.54. The highest BCUT2D eigenvalue weighted by Gasteiger charge is 2.21. The number of ether oxygens (including phenoxy) is 2. The lowest BCUT2D eigenvalue weighted by Gasteiger charge is -1.98. The Bertz CT molecular complexity index is 507. The molecular weight excluding hydrogens is 248 g/mol. The number of carbonyl (C=O) groups is 2. The van der Waals surface area contributed by atoms with Crippen LogP contribution in [-0.4, -0.2) is 26.2 Å². The summed E-state index contributed by atoms with van der Waals surface area (Å²) in [4.78, 5) is 23.0. The van der Waals surface area contributed by atoms with Gasteiger partial charge in [-0.2, -0.15) is 0 Å². The summed E-state index contributed by atoms with van der Waals surface area (Å²) in [7, 11) is 2.63. The number of fused-ring (bicyclic) bond motifs is 1. The molecule has 0 amide bonds. The third-order valence-corrected chi connectivity index (χ3v) is 4.24. The molecule has 2 heterocycles. The van der Waals surface area contributed by atoms with E-state index in [4.69, 9.17) is 0 Å². The van der Waals surface area contributed by atoms with E-state index in [1.165, 1.54) is 36.9 Å². The van der Waals surface area contributed by atoms with Gasteiger partial charge in [-0.15, -0.1) is 22.7 Å². The SMILES string of the molecule is COC(=O)c1csc2scc(C(=O)OC)c12. The van der Waals surface area contributed by atoms with Crippen molar-refractivity contribution in [1.29, 1.82) is 0 Å². The Morgan fingerprint density at radius 3 is 1.81 bits per heavy atom. The van der Waals surface area contributed by atoms with Crippen LogP contribution in [0.3, 0.4) is 0 Å². The first kappa shape index (κ1) is 11.1. The zero-order valence-corrected chi connectivity index (χ0v) is 10.2. The molecule has 0 aromatic carbocycles. The minimum Gasteiger partial charge on any atom is -0.465 e. The molecule has 6 heteroatoms. The topological polar surface area (TPSA) is 52.6 Å². The minimum absolute atomic E-state index is 0.421. The number of hydrogen-bond donors (Lipinski definition) is 0. The van der Waals surface area contributed by atoms with E-state index in [0.717, 1.165) is 4.01 Å². The second-order valence-corrected chi connectivity index (χ2v) is 4.96. The zero-order chi connectivity index (χ0) is 11.7. The maximum atomic E-state index is 11.5. The lowest BCUT2D eigenvalue weighted by molar-refractivity contribution is 0.0602. The summed E-state index contributed by atoms with van der Waals surface area (Å²) >= 11 is 2.83. The van der Waals surface area contributed by atoms with E-state index in [1.807, 2.05) is 0 Å². The maximum Gasteiger partial charge on any atom is 0.339 e. The predicted molar refractivity (Wildman–Crippen MR) is 62.4 cm³/mol. The van der Waals surface area contributed by atoms with Crippen LogP contribution in [-0.2, 0) is 9.47 Å². The molecule has 0 saturated carbocycles. The van der Waals surface area contributed by atoms with Crippen LogP contribution in [0.25, 0.3) is 9.40 Å². The zero-order valence-electron chi connectivity index (χ0n) is 8.60. The molecule has 0 N–H and O–H groups in total. The second kappa shape index (κ2) is 4.23. The summed E-state index contributed by atoms with van der Waals surface area (Å²) < 4.78 is 10.2. The molecule has 0 spiro atoms. The molecule has 2 aromatic heterocycles. The lowest BCUT2D eigenvalue weighted by Crippen LogP contribution is -2.04. The third kappa shape index (κ3) is 1.60. The van der Waals surface area contributed by atoms with Crippen molar-refractivity contribution in [2.75, 3.05) is 14.2 Å². The summed E-state index contributed by atoms with van der Waals surface area (Å²) in [5.41, 5.74) is 0.841. The van der Waals surface area contributed by atoms with Crippen LogP contribution in [0.1, 0.15) is 20.7 Å². The quantitative estimate of drug-likeness (QED) is 0.775. The molecule has 0 aliphatic rings. The molecule has 0 saturated heterocycles. The summed E-state index contributed by atoms with van der Waals surface area (Å²) in [5.74, 6) is -0.871. The van der Waals surface area contributed by atoms with Gasteiger partial charge in [0.1, 0.15) is 0 Å². The first-order valence-corrected chi connectivity index (χ1v) is 6.10. The van der Waals surface area contributed by atoms with Crippen LogP contribution in [0, 0.1) is 0 Å². The number of hydrogen-bond acceptors (Lipinski definition) is 6. The van der Waals surface area contributed by atoms with Crippen LogP contribution >= 0.6 is 22.7 Å². The van der Waals surface area contributed by atoms with Gasteiger partial charge in [-0.25, -0.2) is 9.59 Å². The van der Waals surface area contributed by atoms with Gasteiger partial charge in [-0.3, -0.25) is 0 Å². The Balaban J connectivity index is 2.64. The molecule has 0 fully saturated rings. The van der Waals surface area contributed by atoms with Gasteiger partial charge in [0.05, 0.1) is 29.4 Å². The molecule has 0 bridgehead atoms. The third-order valence-electron chi connectivity index (χ3n) is 2.12. The standard InChI is InChI=1S/C10H8O4S2/c1-13-8(11)5-3-15-10-7(5)6(4-16-10)9(12)14-2/h3-4H,1-2H3. The fourth-order valence-electron chi connectivity index (χ4n) is 1.37. The van der Waals surface area contributed by atoms with Gasteiger partial charge < -0.3 is 9.47 Å². The summed E-state index contributed by atoms with van der Waals surface area (Å²) in [5, 5.41) is 4.02. The monoisotopic (exact) mass is 256 g/mol. The molecule has 0 unspecified atom stereocenters. The van der Waals surface area contributed by atoms with Crippen molar-refractivity contribution in [3.8, 4) is 0 Å². The van der Waals surface area contributed by atoms with Gasteiger partial charge in [-0.05, 0) is 0 Å². The van der Waals surface area contributed by atoms with Crippen molar-refractivity contribution in [2.45, 2.75) is 0 Å². The number of carbonyl (C=O) groups excluding carboxylic acids is 2. The first-order chi connectivity index (χ1) is 7.69. The van der Waals surface area contributed by atoms with Crippen LogP contribution in [0.5, 0.6) is 0 Å². The average Bonchev–Trinajstić information content (AvgIpc) is 2.87. The Kier molecular flexibility index (Phi) is 2.93. The van der Waals surface area contributed by atoms with Crippen molar-refractivity contribution in [3.05, 3.63) is 21.9 Å². The van der Waals surface area contributed by atoms with Crippen LogP contribution in [0.2, 0.25) is 0 Å². The van der Waals surface area contributed by atoms with Crippen LogP contribution in [0.4, 0.5) is 0 Å². The fraction of sp³-hybridized carbons (Fsp3) is 0.200. The molecule has 4 nitrogen and oxygen atoms in total. The molecule has 2 rings (SSSR count). The van der Waals surface area contributed by atoms with E-state index in [2.05, 4.69) is 9.47 Å². The molecule has 0 aliphatic heterocycles. The van der Waals surface area contributed by atoms with Crippen molar-refractivity contribution in [3.63, 3.8) is 0 Å². The van der Waals surface area contributed by atoms with Gasteiger partial charge in [0.2, 0.25) is 0 Å². The van der Waals surface area contributed by atoms with E-state index >= 15 is 0 Å². The van der Waals surface area contributed by atoms with Gasteiger partial charge in [0.15, 0.2) is 0 Å². The summed E-state index contributed by atoms with van der Waals surface area (Å²) in [6, 6.07) is 0. The number of thiophene rings is 2. The van der Waals surface area contributed by atoms with E-state index in [0.29, 0.717) is 16.5 Å². The minimum atomic E-state index is -0.435. The van der Waals surface area contributed by atoms with Gasteiger partial charge >= 0.3 is 11.9 Å². The molecule has 0 atom stereocenters. The molecular formula is C10H8O4S2. The van der Waals surface area contributed by atoms with Crippen molar-refractivity contribution < 1.29 is 19.1 Å². The Hall–Kier alpha value is -1.40. The number of rotatable bonds is 2. The van der Waals surface area contributed by atoms with E-state index < -0.39 is 11.9 Å². The van der Waals surface area contributed by atoms with Crippen LogP contribution < -0.4 is 0 Å². The van der Waals surface area contributed by atoms with Crippen molar-refractivity contribution >= 4 is 44.0 Å². The Labute approximate surface area is 99.4 Å². The van der Waals surface area contributed by atoms with Gasteiger partial charge in [-0.1, -0.05) is 0 Å². The highest BCUT2D eigenvalue weighted by atomic mass is 32.2. The maximum absolute atomic E-state index is 11.5. The van der Waals surface area contributed by atoms with E-state index in [9.17, 15) is 9.59 Å². The summed E-state index contributed by atoms with van der Waals surface area (Å²) in [6.45, 7) is 0. The molecule has 16 heavy (non-hydrogen) atoms. The Morgan fingerprint density at radius 2 is 1.44 bits per heavy atom. The van der Waals surface area contributed by atoms with Crippen molar-refractivity contribution in [2.24, 2.45) is 0 Å². The number of esters is 2. The molecule has 0 aliphatic carbocycles. The highest BCUT2D eigenvalue weighted by Crippen LogP contribution is 2.35. The molecule has 84 valence electrons. The first-order valence-electron chi connectivity index (χ1n) is 4.34. The van der Waals surface area contributed by atoms with Gasteiger partial charge in [0, 0.05) is 16.1 Å². The number of methoxy groups -OCH3 is 2. The van der Waals surface area contributed by atoms with Crippen LogP contribution in [0.15, 0.2) is 10.8 Å². The summed E-state index contributed by atoms with van der Waals surface area (Å²) in [6.07, 6.45) is 0. The lowest BCUT2D eigenvalue weighted by atomic mass is 10.1. The smallest absolute Gasteiger partial charge is 0.339 e. The van der Waals surface area contributed by atoms with E-state index in [-0.39, 0.29) is 0 Å². The molecule has 2 aromatic rings. The normalized spacial score (nSPS) is 10.4. The van der Waals surface area contributed by atoms with E-state index in [1.54, 1.807) is 10.8 Å². The largest absolute Gasteiger partial charge is 0.465 e. The average molecular weight is 256 g/mol. The fourth-order valence-corrected chi connectivity index (χ4v) is 3.44. The Morgan fingerprint density at radius 1 is 1.00 bits per heavy atom. The second-order valence-electron chi connectivity index (χ2n) is 2.94. The molecule has 0 radical (unpaired) electrons. The van der Waals surface area contributed by atoms with Gasteiger partial charge in [0.25, 0.3) is 0 Å². The highest BCUT2D eigenvalue weighted by molar-refractivity contribution is 7.37.